The molecule has 4 rings (SSSR count). The first-order valence-electron chi connectivity index (χ1n) is 8.91. The average Bonchev–Trinajstić information content (AvgIpc) is 3.03. The first kappa shape index (κ1) is 18.7. The van der Waals surface area contributed by atoms with Crippen LogP contribution in [0.3, 0.4) is 0 Å². The quantitative estimate of drug-likeness (QED) is 0.484. The number of hydrogen-bond acceptors (Lipinski definition) is 5. The van der Waals surface area contributed by atoms with E-state index in [4.69, 9.17) is 11.6 Å². The smallest absolute Gasteiger partial charge is 0.230 e. The standard InChI is InChI=1S/C20H18ClN5OS/c1-2-26-16-9-4-3-8-15(16)18-19(26)23-20(25-24-18)28-12-17(27)22-11-13-6-5-7-14(21)10-13/h3-10H,2,11-12H2,1H3,(H,22,27). The van der Waals surface area contributed by atoms with Crippen molar-refractivity contribution in [3.63, 3.8) is 0 Å². The van der Waals surface area contributed by atoms with Crippen molar-refractivity contribution in [3.05, 3.63) is 59.1 Å². The number of thioether (sulfide) groups is 1. The summed E-state index contributed by atoms with van der Waals surface area (Å²) in [7, 11) is 0. The molecule has 1 N–H and O–H groups in total. The molecule has 0 fully saturated rings. The molecule has 0 bridgehead atoms. The predicted molar refractivity (Wildman–Crippen MR) is 113 cm³/mol. The molecule has 4 aromatic rings. The van der Waals surface area contributed by atoms with E-state index in [0.717, 1.165) is 34.2 Å². The van der Waals surface area contributed by atoms with Gasteiger partial charge in [0.05, 0.1) is 11.3 Å². The number of carbonyl (C=O) groups is 1. The lowest BCUT2D eigenvalue weighted by Gasteiger charge is -2.05. The Morgan fingerprint density at radius 1 is 1.18 bits per heavy atom. The van der Waals surface area contributed by atoms with Crippen LogP contribution in [0.5, 0.6) is 0 Å². The van der Waals surface area contributed by atoms with Gasteiger partial charge in [-0.05, 0) is 30.7 Å². The minimum Gasteiger partial charge on any atom is -0.351 e. The second kappa shape index (κ2) is 8.16. The van der Waals surface area contributed by atoms with Gasteiger partial charge in [-0.1, -0.05) is 53.7 Å². The number of para-hydroxylation sites is 1. The van der Waals surface area contributed by atoms with Crippen LogP contribution in [0.2, 0.25) is 5.02 Å². The van der Waals surface area contributed by atoms with Crippen LogP contribution in [0.4, 0.5) is 0 Å². The number of nitrogens with one attached hydrogen (secondary N) is 1. The number of hydrogen-bond donors (Lipinski definition) is 1. The Hall–Kier alpha value is -2.64. The van der Waals surface area contributed by atoms with Gasteiger partial charge in [0.15, 0.2) is 5.65 Å². The fourth-order valence-electron chi connectivity index (χ4n) is 3.10. The summed E-state index contributed by atoms with van der Waals surface area (Å²) in [5.41, 5.74) is 3.62. The van der Waals surface area contributed by atoms with Crippen molar-refractivity contribution in [2.24, 2.45) is 0 Å². The molecule has 2 aromatic carbocycles. The number of aromatic nitrogens is 4. The molecule has 0 aliphatic heterocycles. The van der Waals surface area contributed by atoms with E-state index >= 15 is 0 Å². The van der Waals surface area contributed by atoms with Gasteiger partial charge in [-0.2, -0.15) is 0 Å². The van der Waals surface area contributed by atoms with Crippen molar-refractivity contribution >= 4 is 51.3 Å². The highest BCUT2D eigenvalue weighted by Crippen LogP contribution is 2.26. The zero-order chi connectivity index (χ0) is 19.5. The molecule has 2 aromatic heterocycles. The summed E-state index contributed by atoms with van der Waals surface area (Å²) < 4.78 is 2.11. The predicted octanol–water partition coefficient (Wildman–Crippen LogP) is 4.06. The molecule has 1 amide bonds. The molecule has 2 heterocycles. The molecule has 0 atom stereocenters. The number of aryl methyl sites for hydroxylation is 1. The zero-order valence-electron chi connectivity index (χ0n) is 15.2. The van der Waals surface area contributed by atoms with E-state index in [1.165, 1.54) is 11.8 Å². The molecule has 0 spiro atoms. The third kappa shape index (κ3) is 3.81. The molecule has 8 heteroatoms. The number of halogens is 1. The maximum Gasteiger partial charge on any atom is 0.230 e. The summed E-state index contributed by atoms with van der Waals surface area (Å²) >= 11 is 7.24. The second-order valence-corrected chi connectivity index (χ2v) is 7.60. The van der Waals surface area contributed by atoms with Crippen molar-refractivity contribution in [1.82, 2.24) is 25.1 Å². The fraction of sp³-hybridized carbons (Fsp3) is 0.200. The number of carbonyl (C=O) groups excluding carboxylic acids is 1. The summed E-state index contributed by atoms with van der Waals surface area (Å²) in [6.07, 6.45) is 0. The van der Waals surface area contributed by atoms with Crippen LogP contribution in [0, 0.1) is 0 Å². The Labute approximate surface area is 171 Å². The molecule has 28 heavy (non-hydrogen) atoms. The highest BCUT2D eigenvalue weighted by molar-refractivity contribution is 7.99. The van der Waals surface area contributed by atoms with E-state index < -0.39 is 0 Å². The average molecular weight is 412 g/mol. The lowest BCUT2D eigenvalue weighted by atomic mass is 10.2. The van der Waals surface area contributed by atoms with Crippen LogP contribution < -0.4 is 5.32 Å². The van der Waals surface area contributed by atoms with Crippen molar-refractivity contribution in [2.75, 3.05) is 5.75 Å². The van der Waals surface area contributed by atoms with E-state index in [9.17, 15) is 4.79 Å². The highest BCUT2D eigenvalue weighted by Gasteiger charge is 2.14. The van der Waals surface area contributed by atoms with Gasteiger partial charge in [0.25, 0.3) is 0 Å². The maximum atomic E-state index is 12.2. The third-order valence-corrected chi connectivity index (χ3v) is 5.45. The molecule has 0 saturated heterocycles. The molecule has 0 aliphatic rings. The molecular formula is C20H18ClN5OS. The lowest BCUT2D eigenvalue weighted by Crippen LogP contribution is -2.24. The molecular weight excluding hydrogens is 394 g/mol. The normalized spacial score (nSPS) is 11.2. The van der Waals surface area contributed by atoms with Crippen LogP contribution in [-0.4, -0.2) is 31.4 Å². The van der Waals surface area contributed by atoms with Crippen molar-refractivity contribution in [2.45, 2.75) is 25.2 Å². The Kier molecular flexibility index (Phi) is 5.45. The van der Waals surface area contributed by atoms with E-state index in [0.29, 0.717) is 16.7 Å². The van der Waals surface area contributed by atoms with Gasteiger partial charge >= 0.3 is 0 Å². The van der Waals surface area contributed by atoms with Gasteiger partial charge in [-0.25, -0.2) is 4.98 Å². The zero-order valence-corrected chi connectivity index (χ0v) is 16.8. The SMILES string of the molecule is CCn1c2ccccc2c2nnc(SCC(=O)NCc3cccc(Cl)c3)nc21. The maximum absolute atomic E-state index is 12.2. The Bertz CT molecular complexity index is 1160. The van der Waals surface area contributed by atoms with Gasteiger partial charge in [-0.15, -0.1) is 10.2 Å². The van der Waals surface area contributed by atoms with Gasteiger partial charge in [0.1, 0.15) is 5.52 Å². The van der Waals surface area contributed by atoms with Gasteiger partial charge in [0, 0.05) is 23.5 Å². The van der Waals surface area contributed by atoms with E-state index in [1.54, 1.807) is 6.07 Å². The van der Waals surface area contributed by atoms with Gasteiger partial charge in [0.2, 0.25) is 11.1 Å². The van der Waals surface area contributed by atoms with Gasteiger partial charge in [-0.3, -0.25) is 4.79 Å². The van der Waals surface area contributed by atoms with E-state index in [-0.39, 0.29) is 11.7 Å². The number of amides is 1. The number of nitrogens with zero attached hydrogens (tertiary/aromatic N) is 4. The summed E-state index contributed by atoms with van der Waals surface area (Å²) in [6.45, 7) is 3.29. The largest absolute Gasteiger partial charge is 0.351 e. The van der Waals surface area contributed by atoms with E-state index in [2.05, 4.69) is 38.1 Å². The minimum absolute atomic E-state index is 0.0929. The van der Waals surface area contributed by atoms with Crippen LogP contribution >= 0.6 is 23.4 Å². The molecule has 0 aliphatic carbocycles. The number of benzene rings is 2. The molecule has 0 radical (unpaired) electrons. The van der Waals surface area contributed by atoms with Crippen molar-refractivity contribution < 1.29 is 4.79 Å². The molecule has 0 unspecified atom stereocenters. The Balaban J connectivity index is 1.46. The molecule has 6 nitrogen and oxygen atoms in total. The number of rotatable bonds is 6. The summed E-state index contributed by atoms with van der Waals surface area (Å²) in [6, 6.07) is 15.5. The Morgan fingerprint density at radius 2 is 2.04 bits per heavy atom. The summed E-state index contributed by atoms with van der Waals surface area (Å²) in [5, 5.41) is 13.6. The lowest BCUT2D eigenvalue weighted by molar-refractivity contribution is -0.118. The van der Waals surface area contributed by atoms with E-state index in [1.807, 2.05) is 36.4 Å². The van der Waals surface area contributed by atoms with Crippen molar-refractivity contribution in [1.29, 1.82) is 0 Å². The monoisotopic (exact) mass is 411 g/mol. The minimum atomic E-state index is -0.0929. The third-order valence-electron chi connectivity index (χ3n) is 4.38. The second-order valence-electron chi connectivity index (χ2n) is 6.22. The fourth-order valence-corrected chi connectivity index (χ4v) is 3.92. The van der Waals surface area contributed by atoms with Crippen LogP contribution in [-0.2, 0) is 17.9 Å². The van der Waals surface area contributed by atoms with Gasteiger partial charge < -0.3 is 9.88 Å². The Morgan fingerprint density at radius 3 is 2.86 bits per heavy atom. The highest BCUT2D eigenvalue weighted by atomic mass is 35.5. The topological polar surface area (TPSA) is 72.7 Å². The van der Waals surface area contributed by atoms with Crippen LogP contribution in [0.15, 0.2) is 53.7 Å². The first-order chi connectivity index (χ1) is 13.7. The summed E-state index contributed by atoms with van der Waals surface area (Å²) in [4.78, 5) is 16.8. The first-order valence-corrected chi connectivity index (χ1v) is 10.3. The molecule has 142 valence electrons. The van der Waals surface area contributed by atoms with Crippen LogP contribution in [0.1, 0.15) is 12.5 Å². The van der Waals surface area contributed by atoms with Crippen molar-refractivity contribution in [3.8, 4) is 0 Å². The number of fused-ring (bicyclic) bond motifs is 3. The van der Waals surface area contributed by atoms with Crippen LogP contribution in [0.25, 0.3) is 22.1 Å². The summed E-state index contributed by atoms with van der Waals surface area (Å²) in [5.74, 6) is 0.129. The molecule has 0 saturated carbocycles.